The van der Waals surface area contributed by atoms with Gasteiger partial charge in [0.1, 0.15) is 0 Å². The molecule has 2 saturated heterocycles. The first-order valence-electron chi connectivity index (χ1n) is 8.12. The maximum Gasteiger partial charge on any atom is 0.401 e. The maximum absolute atomic E-state index is 12.3. The second-order valence-electron chi connectivity index (χ2n) is 6.61. The second kappa shape index (κ2) is 9.42. The minimum Gasteiger partial charge on any atom is -0.381 e. The van der Waals surface area contributed by atoms with Gasteiger partial charge in [-0.25, -0.2) is 0 Å². The van der Waals surface area contributed by atoms with E-state index in [0.29, 0.717) is 18.5 Å². The van der Waals surface area contributed by atoms with Crippen molar-refractivity contribution in [2.75, 3.05) is 60.0 Å². The summed E-state index contributed by atoms with van der Waals surface area (Å²) in [6, 6.07) is 0. The summed E-state index contributed by atoms with van der Waals surface area (Å²) in [6.45, 7) is 3.42. The Morgan fingerprint density at radius 2 is 1.96 bits per heavy atom. The SMILES string of the molecule is CN=C(NCCN(C)CC(F)(F)F)N1CCC2(CCOCC2)C1.I. The van der Waals surface area contributed by atoms with Crippen molar-refractivity contribution >= 4 is 29.9 Å². The quantitative estimate of drug-likeness (QED) is 0.394. The minimum atomic E-state index is -4.15. The molecule has 24 heavy (non-hydrogen) atoms. The van der Waals surface area contributed by atoms with Crippen molar-refractivity contribution in [1.29, 1.82) is 0 Å². The molecule has 2 aliphatic heterocycles. The standard InChI is InChI=1S/C15H27F3N4O.HI/c1-19-13(20-6-8-21(2)12-15(16,17)18)22-7-3-14(11-22)4-9-23-10-5-14;/h3-12H2,1-2H3,(H,19,20);1H. The highest BCUT2D eigenvalue weighted by Gasteiger charge is 2.40. The number of nitrogens with one attached hydrogen (secondary N) is 1. The van der Waals surface area contributed by atoms with Crippen molar-refractivity contribution in [3.8, 4) is 0 Å². The predicted octanol–water partition coefficient (Wildman–Crippen LogP) is 2.18. The zero-order valence-electron chi connectivity index (χ0n) is 14.4. The molecule has 1 spiro atoms. The highest BCUT2D eigenvalue weighted by atomic mass is 127. The Morgan fingerprint density at radius 1 is 1.29 bits per heavy atom. The van der Waals surface area contributed by atoms with Crippen LogP contribution in [0.4, 0.5) is 13.2 Å². The molecule has 1 N–H and O–H groups in total. The molecule has 0 amide bonds. The van der Waals surface area contributed by atoms with Crippen molar-refractivity contribution < 1.29 is 17.9 Å². The Hall–Kier alpha value is -0.290. The average Bonchev–Trinajstić information content (AvgIpc) is 2.86. The van der Waals surface area contributed by atoms with Gasteiger partial charge in [0.05, 0.1) is 6.54 Å². The van der Waals surface area contributed by atoms with E-state index in [-0.39, 0.29) is 24.0 Å². The van der Waals surface area contributed by atoms with Gasteiger partial charge in [-0.3, -0.25) is 9.89 Å². The summed E-state index contributed by atoms with van der Waals surface area (Å²) in [4.78, 5) is 7.76. The van der Waals surface area contributed by atoms with Gasteiger partial charge in [0.25, 0.3) is 0 Å². The summed E-state index contributed by atoms with van der Waals surface area (Å²) < 4.78 is 42.4. The fourth-order valence-electron chi connectivity index (χ4n) is 3.40. The van der Waals surface area contributed by atoms with Crippen LogP contribution in [0, 0.1) is 5.41 Å². The van der Waals surface area contributed by atoms with E-state index in [2.05, 4.69) is 15.2 Å². The zero-order chi connectivity index (χ0) is 16.9. The summed E-state index contributed by atoms with van der Waals surface area (Å²) in [6.07, 6.45) is -0.866. The Morgan fingerprint density at radius 3 is 2.54 bits per heavy atom. The van der Waals surface area contributed by atoms with Crippen LogP contribution in [0.15, 0.2) is 4.99 Å². The van der Waals surface area contributed by atoms with Gasteiger partial charge in [-0.2, -0.15) is 13.2 Å². The van der Waals surface area contributed by atoms with E-state index >= 15 is 0 Å². The number of halogens is 4. The number of ether oxygens (including phenoxy) is 1. The maximum atomic E-state index is 12.3. The number of hydrogen-bond acceptors (Lipinski definition) is 3. The molecule has 2 rings (SSSR count). The van der Waals surface area contributed by atoms with Gasteiger partial charge in [0.15, 0.2) is 5.96 Å². The van der Waals surface area contributed by atoms with E-state index in [1.54, 1.807) is 7.05 Å². The van der Waals surface area contributed by atoms with Crippen molar-refractivity contribution in [3.63, 3.8) is 0 Å². The van der Waals surface area contributed by atoms with Crippen molar-refractivity contribution in [2.45, 2.75) is 25.4 Å². The molecule has 0 saturated carbocycles. The van der Waals surface area contributed by atoms with Gasteiger partial charge in [0, 0.05) is 46.4 Å². The number of likely N-dealkylation sites (tertiary alicyclic amines) is 1. The number of hydrogen-bond donors (Lipinski definition) is 1. The van der Waals surface area contributed by atoms with Gasteiger partial charge >= 0.3 is 6.18 Å². The molecule has 0 radical (unpaired) electrons. The van der Waals surface area contributed by atoms with Gasteiger partial charge in [-0.1, -0.05) is 0 Å². The number of nitrogens with zero attached hydrogens (tertiary/aromatic N) is 3. The lowest BCUT2D eigenvalue weighted by Crippen LogP contribution is -2.45. The van der Waals surface area contributed by atoms with E-state index in [9.17, 15) is 13.2 Å². The molecule has 2 aliphatic rings. The van der Waals surface area contributed by atoms with Crippen LogP contribution < -0.4 is 5.32 Å². The molecule has 0 unspecified atom stereocenters. The molecule has 0 aromatic carbocycles. The number of guanidine groups is 1. The van der Waals surface area contributed by atoms with Gasteiger partial charge in [0.2, 0.25) is 0 Å². The first kappa shape index (κ1) is 21.8. The molecule has 2 fully saturated rings. The normalized spacial score (nSPS) is 21.2. The molecule has 142 valence electrons. The molecular formula is C15H28F3IN4O. The lowest BCUT2D eigenvalue weighted by molar-refractivity contribution is -0.142. The summed E-state index contributed by atoms with van der Waals surface area (Å²) >= 11 is 0. The first-order chi connectivity index (χ1) is 10.8. The average molecular weight is 464 g/mol. The lowest BCUT2D eigenvalue weighted by atomic mass is 9.80. The van der Waals surface area contributed by atoms with Crippen LogP contribution >= 0.6 is 24.0 Å². The third-order valence-electron chi connectivity index (χ3n) is 4.73. The summed E-state index contributed by atoms with van der Waals surface area (Å²) in [5.74, 6) is 0.786. The topological polar surface area (TPSA) is 40.1 Å². The molecule has 5 nitrogen and oxygen atoms in total. The van der Waals surface area contributed by atoms with Crippen LogP contribution in [0.2, 0.25) is 0 Å². The number of likely N-dealkylation sites (N-methyl/N-ethyl adjacent to an activating group) is 1. The van der Waals surface area contributed by atoms with E-state index < -0.39 is 12.7 Å². The van der Waals surface area contributed by atoms with Crippen molar-refractivity contribution in [3.05, 3.63) is 0 Å². The Labute approximate surface area is 159 Å². The van der Waals surface area contributed by atoms with E-state index in [0.717, 1.165) is 51.5 Å². The second-order valence-corrected chi connectivity index (χ2v) is 6.61. The summed E-state index contributed by atoms with van der Waals surface area (Å²) in [5.41, 5.74) is 0.322. The molecule has 0 aliphatic carbocycles. The zero-order valence-corrected chi connectivity index (χ0v) is 16.7. The van der Waals surface area contributed by atoms with Gasteiger partial charge < -0.3 is 15.0 Å². The summed E-state index contributed by atoms with van der Waals surface area (Å²) in [5, 5.41) is 3.19. The predicted molar refractivity (Wildman–Crippen MR) is 99.0 cm³/mol. The molecular weight excluding hydrogens is 436 g/mol. The van der Waals surface area contributed by atoms with E-state index in [1.807, 2.05) is 0 Å². The van der Waals surface area contributed by atoms with E-state index in [1.165, 1.54) is 11.9 Å². The first-order valence-corrected chi connectivity index (χ1v) is 8.12. The number of alkyl halides is 3. The molecule has 0 aromatic rings. The fraction of sp³-hybridized carbons (Fsp3) is 0.933. The highest BCUT2D eigenvalue weighted by Crippen LogP contribution is 2.39. The van der Waals surface area contributed by atoms with Gasteiger partial charge in [-0.15, -0.1) is 24.0 Å². The van der Waals surface area contributed by atoms with Crippen LogP contribution in [0.25, 0.3) is 0 Å². The van der Waals surface area contributed by atoms with Crippen LogP contribution in [-0.2, 0) is 4.74 Å². The fourth-order valence-corrected chi connectivity index (χ4v) is 3.40. The van der Waals surface area contributed by atoms with Crippen LogP contribution in [0.1, 0.15) is 19.3 Å². The molecule has 0 bridgehead atoms. The third-order valence-corrected chi connectivity index (χ3v) is 4.73. The smallest absolute Gasteiger partial charge is 0.381 e. The van der Waals surface area contributed by atoms with Crippen molar-refractivity contribution in [2.24, 2.45) is 10.4 Å². The number of aliphatic imine (C=N–C) groups is 1. The Kier molecular flexibility index (Phi) is 8.54. The van der Waals surface area contributed by atoms with Crippen molar-refractivity contribution in [1.82, 2.24) is 15.1 Å². The Bertz CT molecular complexity index is 414. The monoisotopic (exact) mass is 464 g/mol. The Balaban J connectivity index is 0.00000288. The summed E-state index contributed by atoms with van der Waals surface area (Å²) in [7, 11) is 3.20. The highest BCUT2D eigenvalue weighted by molar-refractivity contribution is 14.0. The lowest BCUT2D eigenvalue weighted by Gasteiger charge is -2.33. The molecule has 0 atom stereocenters. The van der Waals surface area contributed by atoms with E-state index in [4.69, 9.17) is 4.74 Å². The van der Waals surface area contributed by atoms with Crippen LogP contribution in [-0.4, -0.2) is 82.0 Å². The minimum absolute atomic E-state index is 0. The third kappa shape index (κ3) is 6.55. The molecule has 0 aromatic heterocycles. The van der Waals surface area contributed by atoms with Crippen LogP contribution in [0.5, 0.6) is 0 Å². The molecule has 2 heterocycles. The molecule has 9 heteroatoms. The van der Waals surface area contributed by atoms with Crippen LogP contribution in [0.3, 0.4) is 0 Å². The van der Waals surface area contributed by atoms with Gasteiger partial charge in [-0.05, 0) is 31.7 Å². The largest absolute Gasteiger partial charge is 0.401 e. The number of rotatable bonds is 4.